The maximum absolute atomic E-state index is 6.40. The van der Waals surface area contributed by atoms with E-state index in [2.05, 4.69) is 104 Å². The molecule has 3 aliphatic rings. The number of anilines is 3. The van der Waals surface area contributed by atoms with Gasteiger partial charge in [-0.25, -0.2) is 15.0 Å². The van der Waals surface area contributed by atoms with Crippen LogP contribution in [0.15, 0.2) is 100 Å². The van der Waals surface area contributed by atoms with E-state index >= 15 is 0 Å². The van der Waals surface area contributed by atoms with E-state index in [-0.39, 0.29) is 12.2 Å². The van der Waals surface area contributed by atoms with E-state index in [1.807, 2.05) is 23.5 Å². The van der Waals surface area contributed by atoms with Gasteiger partial charge in [0.2, 0.25) is 0 Å². The predicted octanol–water partition coefficient (Wildman–Crippen LogP) is 5.04. The van der Waals surface area contributed by atoms with Crippen LogP contribution in [0.25, 0.3) is 11.0 Å². The average Bonchev–Trinajstić information content (AvgIpc) is 3.60. The van der Waals surface area contributed by atoms with Gasteiger partial charge in [-0.15, -0.1) is 5.11 Å². The number of benzene rings is 3. The lowest BCUT2D eigenvalue weighted by atomic mass is 10.1. The Morgan fingerprint density at radius 3 is 2.61 bits per heavy atom. The van der Waals surface area contributed by atoms with Gasteiger partial charge in [-0.1, -0.05) is 35.6 Å². The second-order valence-electron chi connectivity index (χ2n) is 10.9. The molecule has 0 amide bonds. The number of nitrogens with two attached hydrogens (primary N) is 1. The van der Waals surface area contributed by atoms with Crippen LogP contribution in [0, 0.1) is 0 Å². The van der Waals surface area contributed by atoms with Gasteiger partial charge in [0.05, 0.1) is 47.5 Å². The number of ether oxygens (including phenoxy) is 1. The Morgan fingerprint density at radius 2 is 1.78 bits per heavy atom. The van der Waals surface area contributed by atoms with Crippen molar-refractivity contribution >= 4 is 33.9 Å². The summed E-state index contributed by atoms with van der Waals surface area (Å²) >= 11 is 0. The summed E-state index contributed by atoms with van der Waals surface area (Å²) in [4.78, 5) is 13.8. The first-order valence-electron chi connectivity index (χ1n) is 14.0. The van der Waals surface area contributed by atoms with E-state index in [0.717, 1.165) is 59.0 Å². The van der Waals surface area contributed by atoms with E-state index in [0.29, 0.717) is 19.0 Å². The summed E-state index contributed by atoms with van der Waals surface area (Å²) in [5.41, 5.74) is 14.4. The van der Waals surface area contributed by atoms with Crippen LogP contribution in [0.4, 0.5) is 17.1 Å². The molecule has 10 heteroatoms. The minimum Gasteiger partial charge on any atom is -0.383 e. The Balaban J connectivity index is 1.11. The van der Waals surface area contributed by atoms with Crippen molar-refractivity contribution in [3.8, 4) is 0 Å². The molecule has 10 nitrogen and oxygen atoms in total. The first-order chi connectivity index (χ1) is 20.0. The molecule has 0 bridgehead atoms. The van der Waals surface area contributed by atoms with Crippen molar-refractivity contribution in [2.45, 2.75) is 32.6 Å². The fourth-order valence-electron chi connectivity index (χ4n) is 5.85. The van der Waals surface area contributed by atoms with Crippen LogP contribution >= 0.6 is 0 Å². The molecule has 1 saturated heterocycles. The fraction of sp³-hybridized carbons (Fsp3) is 0.290. The van der Waals surface area contributed by atoms with Gasteiger partial charge in [0, 0.05) is 37.1 Å². The van der Waals surface area contributed by atoms with Crippen molar-refractivity contribution in [1.29, 1.82) is 0 Å². The summed E-state index contributed by atoms with van der Waals surface area (Å²) in [6, 6.07) is 23.0. The standard InChI is InChI=1S/C31H33N9O/c1-21-14-37(15-22(2)41-21)17-24-18-40(36-35-24)26-9-10-29-27(12-26)31(32)34-20-39(29)25-8-11-30-28(13-25)33-19-38(30)16-23-6-4-3-5-7-23/h3-13,17,19,21-22H,14-16,18,20H2,1-2H3,(H2,32,34)/t21-,22+. The molecular weight excluding hydrogens is 514 g/mol. The number of rotatable bonds is 5. The minimum atomic E-state index is 0.196. The molecule has 7 rings (SSSR count). The average molecular weight is 548 g/mol. The van der Waals surface area contributed by atoms with Gasteiger partial charge in [0.1, 0.15) is 18.2 Å². The molecule has 2 N–H and O–H groups in total. The number of nitrogens with zero attached hydrogens (tertiary/aromatic N) is 8. The minimum absolute atomic E-state index is 0.196. The number of morpholine rings is 1. The molecule has 2 atom stereocenters. The van der Waals surface area contributed by atoms with E-state index < -0.39 is 0 Å². The number of imidazole rings is 1. The number of fused-ring (bicyclic) bond motifs is 2. The van der Waals surface area contributed by atoms with Crippen LogP contribution < -0.4 is 15.6 Å². The summed E-state index contributed by atoms with van der Waals surface area (Å²) < 4.78 is 8.03. The smallest absolute Gasteiger partial charge is 0.129 e. The van der Waals surface area contributed by atoms with Crippen LogP contribution in [0.1, 0.15) is 25.0 Å². The molecule has 0 unspecified atom stereocenters. The molecule has 0 aliphatic carbocycles. The fourth-order valence-corrected chi connectivity index (χ4v) is 5.85. The van der Waals surface area contributed by atoms with Gasteiger partial charge in [-0.2, -0.15) is 0 Å². The van der Waals surface area contributed by atoms with Crippen molar-refractivity contribution in [2.24, 2.45) is 21.1 Å². The van der Waals surface area contributed by atoms with Crippen LogP contribution in [0.5, 0.6) is 0 Å². The quantitative estimate of drug-likeness (QED) is 0.376. The third kappa shape index (κ3) is 5.02. The summed E-state index contributed by atoms with van der Waals surface area (Å²) in [7, 11) is 0. The Labute approximate surface area is 239 Å². The van der Waals surface area contributed by atoms with Crippen molar-refractivity contribution in [2.75, 3.05) is 36.2 Å². The molecule has 1 fully saturated rings. The van der Waals surface area contributed by atoms with Crippen molar-refractivity contribution in [3.05, 3.63) is 96.1 Å². The summed E-state index contributed by atoms with van der Waals surface area (Å²) in [5, 5.41) is 10.8. The third-order valence-corrected chi connectivity index (χ3v) is 7.71. The molecule has 208 valence electrons. The lowest BCUT2D eigenvalue weighted by molar-refractivity contribution is -0.0543. The summed E-state index contributed by atoms with van der Waals surface area (Å²) in [6.07, 6.45) is 4.40. The van der Waals surface area contributed by atoms with Crippen molar-refractivity contribution in [1.82, 2.24) is 14.5 Å². The number of aliphatic imine (C=N–C) groups is 1. The highest BCUT2D eigenvalue weighted by Gasteiger charge is 2.25. The molecule has 4 heterocycles. The van der Waals surface area contributed by atoms with Crippen molar-refractivity contribution in [3.63, 3.8) is 0 Å². The van der Waals surface area contributed by atoms with Gasteiger partial charge in [-0.05, 0) is 55.8 Å². The molecular formula is C31H33N9O. The molecule has 1 aromatic heterocycles. The number of hydrogen-bond donors (Lipinski definition) is 1. The SMILES string of the molecule is C[C@@H]1CN(C=C2CN(c3ccc4c(c3)C(N)=NCN4c3ccc4c(c3)ncn4Cc3ccccc3)N=N2)C[C@H](C)O1. The normalized spacial score (nSPS) is 21.6. The first kappa shape index (κ1) is 25.3. The van der Waals surface area contributed by atoms with Crippen LogP contribution in [0.3, 0.4) is 0 Å². The molecule has 0 radical (unpaired) electrons. The molecule has 41 heavy (non-hydrogen) atoms. The molecule has 3 aromatic carbocycles. The Morgan fingerprint density at radius 1 is 0.976 bits per heavy atom. The highest BCUT2D eigenvalue weighted by molar-refractivity contribution is 6.05. The number of aromatic nitrogens is 2. The van der Waals surface area contributed by atoms with Crippen LogP contribution in [-0.2, 0) is 11.3 Å². The monoisotopic (exact) mass is 547 g/mol. The molecule has 0 saturated carbocycles. The maximum Gasteiger partial charge on any atom is 0.129 e. The number of hydrogen-bond acceptors (Lipinski definition) is 9. The van der Waals surface area contributed by atoms with E-state index in [4.69, 9.17) is 15.5 Å². The van der Waals surface area contributed by atoms with Gasteiger partial charge in [-0.3, -0.25) is 0 Å². The zero-order valence-corrected chi connectivity index (χ0v) is 23.3. The van der Waals surface area contributed by atoms with Crippen LogP contribution in [0.2, 0.25) is 0 Å². The second kappa shape index (κ2) is 10.4. The maximum atomic E-state index is 6.40. The largest absolute Gasteiger partial charge is 0.383 e. The molecule has 3 aliphatic heterocycles. The second-order valence-corrected chi connectivity index (χ2v) is 10.9. The Kier molecular flexibility index (Phi) is 6.39. The van der Waals surface area contributed by atoms with Gasteiger partial charge in [0.15, 0.2) is 0 Å². The van der Waals surface area contributed by atoms with E-state index in [1.54, 1.807) is 0 Å². The zero-order chi connectivity index (χ0) is 27.9. The molecule has 4 aromatic rings. The van der Waals surface area contributed by atoms with Crippen molar-refractivity contribution < 1.29 is 4.74 Å². The Bertz CT molecular complexity index is 1670. The van der Waals surface area contributed by atoms with Gasteiger partial charge in [0.25, 0.3) is 0 Å². The van der Waals surface area contributed by atoms with Gasteiger partial charge < -0.3 is 24.8 Å². The summed E-state index contributed by atoms with van der Waals surface area (Å²) in [6.45, 7) is 7.73. The molecule has 0 spiro atoms. The zero-order valence-electron chi connectivity index (χ0n) is 23.3. The van der Waals surface area contributed by atoms with Gasteiger partial charge >= 0.3 is 0 Å². The summed E-state index contributed by atoms with van der Waals surface area (Å²) in [5.74, 6) is 0.523. The highest BCUT2D eigenvalue weighted by Crippen LogP contribution is 2.36. The van der Waals surface area contributed by atoms with E-state index in [1.165, 1.54) is 5.56 Å². The Hall–Kier alpha value is -4.70. The lowest BCUT2D eigenvalue weighted by Crippen LogP contribution is -2.42. The third-order valence-electron chi connectivity index (χ3n) is 7.71. The van der Waals surface area contributed by atoms with Crippen LogP contribution in [-0.4, -0.2) is 58.8 Å². The lowest BCUT2D eigenvalue weighted by Gasteiger charge is -2.34. The highest BCUT2D eigenvalue weighted by atomic mass is 16.5. The topological polar surface area (TPSA) is 99.9 Å². The first-order valence-corrected chi connectivity index (χ1v) is 14.0. The number of amidine groups is 1. The van der Waals surface area contributed by atoms with E-state index in [9.17, 15) is 0 Å². The predicted molar refractivity (Wildman–Crippen MR) is 161 cm³/mol.